The summed E-state index contributed by atoms with van der Waals surface area (Å²) in [6.07, 6.45) is -0.643. The average Bonchev–Trinajstić information content (AvgIpc) is 2.73. The van der Waals surface area contributed by atoms with Gasteiger partial charge in [0.2, 0.25) is 0 Å². The number of carbonyl (C=O) groups excluding carboxylic acids is 1. The highest BCUT2D eigenvalue weighted by atomic mass is 32.1. The minimum Gasteiger partial charge on any atom is -0.481 e. The van der Waals surface area contributed by atoms with Crippen LogP contribution in [-0.2, 0) is 4.79 Å². The second kappa shape index (κ2) is 6.63. The number of hydrogen-bond donors (Lipinski definition) is 1. The first-order valence-corrected chi connectivity index (χ1v) is 7.78. The van der Waals surface area contributed by atoms with E-state index in [0.29, 0.717) is 16.3 Å². The third kappa shape index (κ3) is 3.46. The number of thiophene rings is 1. The fourth-order valence-electron chi connectivity index (χ4n) is 2.01. The predicted octanol–water partition coefficient (Wildman–Crippen LogP) is 3.95. The van der Waals surface area contributed by atoms with E-state index < -0.39 is 6.10 Å². The molecule has 1 unspecified atom stereocenters. The van der Waals surface area contributed by atoms with Crippen LogP contribution >= 0.6 is 11.3 Å². The van der Waals surface area contributed by atoms with E-state index >= 15 is 0 Å². The molecule has 0 aliphatic carbocycles. The highest BCUT2D eigenvalue weighted by Crippen LogP contribution is 2.31. The lowest BCUT2D eigenvalue weighted by Crippen LogP contribution is -2.30. The molecular formula is C17H18N2O2S. The number of anilines is 1. The number of hydrogen-bond acceptors (Lipinski definition) is 4. The van der Waals surface area contributed by atoms with E-state index in [2.05, 4.69) is 11.4 Å². The number of aryl methyl sites for hydroxylation is 2. The first-order chi connectivity index (χ1) is 10.4. The van der Waals surface area contributed by atoms with Gasteiger partial charge in [0.25, 0.3) is 5.91 Å². The Kier molecular flexibility index (Phi) is 4.84. The Morgan fingerprint density at radius 2 is 2.09 bits per heavy atom. The lowest BCUT2D eigenvalue weighted by Gasteiger charge is -2.14. The summed E-state index contributed by atoms with van der Waals surface area (Å²) in [7, 11) is 0. The maximum Gasteiger partial charge on any atom is 0.265 e. The van der Waals surface area contributed by atoms with Crippen molar-refractivity contribution in [2.75, 3.05) is 5.32 Å². The molecule has 0 saturated carbocycles. The van der Waals surface area contributed by atoms with Gasteiger partial charge in [0.05, 0.1) is 5.56 Å². The molecule has 114 valence electrons. The summed E-state index contributed by atoms with van der Waals surface area (Å²) in [6.45, 7) is 7.47. The summed E-state index contributed by atoms with van der Waals surface area (Å²) in [5, 5.41) is 12.6. The number of nitrogens with zero attached hydrogens (tertiary/aromatic N) is 1. The van der Waals surface area contributed by atoms with Gasteiger partial charge in [0.1, 0.15) is 16.8 Å². The van der Waals surface area contributed by atoms with Crippen LogP contribution in [0.4, 0.5) is 5.00 Å². The van der Waals surface area contributed by atoms with Crippen LogP contribution in [-0.4, -0.2) is 12.0 Å². The number of rotatable bonds is 4. The fourth-order valence-corrected chi connectivity index (χ4v) is 3.02. The van der Waals surface area contributed by atoms with Gasteiger partial charge in [-0.3, -0.25) is 4.79 Å². The second-order valence-corrected chi connectivity index (χ2v) is 6.39. The third-order valence-electron chi connectivity index (χ3n) is 3.41. The zero-order valence-corrected chi connectivity index (χ0v) is 13.9. The van der Waals surface area contributed by atoms with Gasteiger partial charge in [-0.05, 0) is 51.0 Å². The first-order valence-electron chi connectivity index (χ1n) is 6.96. The van der Waals surface area contributed by atoms with Crippen molar-refractivity contribution in [2.45, 2.75) is 33.8 Å². The molecule has 1 N–H and O–H groups in total. The van der Waals surface area contributed by atoms with Crippen molar-refractivity contribution >= 4 is 22.2 Å². The molecule has 0 bridgehead atoms. The van der Waals surface area contributed by atoms with Crippen molar-refractivity contribution in [1.82, 2.24) is 0 Å². The molecule has 4 nitrogen and oxygen atoms in total. The monoisotopic (exact) mass is 314 g/mol. The topological polar surface area (TPSA) is 62.1 Å². The molecule has 0 saturated heterocycles. The van der Waals surface area contributed by atoms with Crippen molar-refractivity contribution in [3.05, 3.63) is 45.8 Å². The summed E-state index contributed by atoms with van der Waals surface area (Å²) in [4.78, 5) is 13.3. The van der Waals surface area contributed by atoms with Gasteiger partial charge in [-0.2, -0.15) is 5.26 Å². The summed E-state index contributed by atoms with van der Waals surface area (Å²) in [6, 6.07) is 9.69. The zero-order valence-electron chi connectivity index (χ0n) is 13.1. The summed E-state index contributed by atoms with van der Waals surface area (Å²) in [5.41, 5.74) is 2.51. The molecule has 0 aliphatic rings. The number of benzene rings is 1. The minimum atomic E-state index is -0.643. The Labute approximate surface area is 134 Å². The minimum absolute atomic E-state index is 0.265. The molecule has 1 aromatic carbocycles. The Hall–Kier alpha value is -2.32. The van der Waals surface area contributed by atoms with Gasteiger partial charge < -0.3 is 10.1 Å². The maximum atomic E-state index is 12.3. The normalized spacial score (nSPS) is 11.6. The van der Waals surface area contributed by atoms with Gasteiger partial charge in [-0.25, -0.2) is 0 Å². The van der Waals surface area contributed by atoms with Gasteiger partial charge in [0.15, 0.2) is 6.10 Å². The summed E-state index contributed by atoms with van der Waals surface area (Å²) >= 11 is 1.41. The number of carbonyl (C=O) groups is 1. The number of amides is 1. The van der Waals surface area contributed by atoms with Gasteiger partial charge >= 0.3 is 0 Å². The number of ether oxygens (including phenoxy) is 1. The van der Waals surface area contributed by atoms with Gasteiger partial charge in [-0.1, -0.05) is 12.1 Å². The van der Waals surface area contributed by atoms with E-state index in [1.165, 1.54) is 11.3 Å². The van der Waals surface area contributed by atoms with Crippen molar-refractivity contribution in [2.24, 2.45) is 0 Å². The number of nitrogens with one attached hydrogen (secondary N) is 1. The molecule has 0 fully saturated rings. The summed E-state index contributed by atoms with van der Waals surface area (Å²) in [5.74, 6) is 0.390. The highest BCUT2D eigenvalue weighted by molar-refractivity contribution is 7.16. The standard InChI is InChI=1S/C17H18N2O2S/c1-10-6-5-7-14(8-10)21-12(3)16(20)19-17-15(9-18)11(2)13(4)22-17/h5-8,12H,1-4H3,(H,19,20). The molecule has 2 rings (SSSR count). The summed E-state index contributed by atoms with van der Waals surface area (Å²) < 4.78 is 5.65. The van der Waals surface area contributed by atoms with E-state index in [-0.39, 0.29) is 5.91 Å². The van der Waals surface area contributed by atoms with E-state index in [1.54, 1.807) is 6.92 Å². The second-order valence-electron chi connectivity index (χ2n) is 5.17. The van der Waals surface area contributed by atoms with Gasteiger partial charge in [0, 0.05) is 4.88 Å². The smallest absolute Gasteiger partial charge is 0.265 e. The van der Waals surface area contributed by atoms with Crippen LogP contribution in [0.15, 0.2) is 24.3 Å². The lowest BCUT2D eigenvalue weighted by atomic mass is 10.2. The van der Waals surface area contributed by atoms with Crippen molar-refractivity contribution in [3.63, 3.8) is 0 Å². The van der Waals surface area contributed by atoms with Crippen LogP contribution in [0, 0.1) is 32.1 Å². The Morgan fingerprint density at radius 1 is 1.36 bits per heavy atom. The van der Waals surface area contributed by atoms with Crippen LogP contribution in [0.5, 0.6) is 5.75 Å². The van der Waals surface area contributed by atoms with Crippen LogP contribution in [0.1, 0.15) is 28.5 Å². The molecule has 1 aromatic heterocycles. The Balaban J connectivity index is 2.09. The molecule has 1 atom stereocenters. The lowest BCUT2D eigenvalue weighted by molar-refractivity contribution is -0.122. The van der Waals surface area contributed by atoms with E-state index in [4.69, 9.17) is 4.74 Å². The Bertz CT molecular complexity index is 744. The molecule has 5 heteroatoms. The molecule has 22 heavy (non-hydrogen) atoms. The maximum absolute atomic E-state index is 12.3. The van der Waals surface area contributed by atoms with Gasteiger partial charge in [-0.15, -0.1) is 11.3 Å². The third-order valence-corrected chi connectivity index (χ3v) is 4.53. The van der Waals surface area contributed by atoms with Crippen LogP contribution in [0.2, 0.25) is 0 Å². The van der Waals surface area contributed by atoms with Crippen LogP contribution < -0.4 is 10.1 Å². The average molecular weight is 314 g/mol. The largest absolute Gasteiger partial charge is 0.481 e. The SMILES string of the molecule is Cc1cccc(OC(C)C(=O)Nc2sc(C)c(C)c2C#N)c1. The molecule has 1 amide bonds. The van der Waals surface area contributed by atoms with Crippen molar-refractivity contribution < 1.29 is 9.53 Å². The molecule has 0 radical (unpaired) electrons. The highest BCUT2D eigenvalue weighted by Gasteiger charge is 2.19. The van der Waals surface area contributed by atoms with E-state index in [0.717, 1.165) is 16.0 Å². The molecule has 0 spiro atoms. The fraction of sp³-hybridized carbons (Fsp3) is 0.294. The first kappa shape index (κ1) is 16.1. The molecule has 0 aliphatic heterocycles. The van der Waals surface area contributed by atoms with E-state index in [1.807, 2.05) is 45.0 Å². The van der Waals surface area contributed by atoms with Crippen molar-refractivity contribution in [3.8, 4) is 11.8 Å². The Morgan fingerprint density at radius 3 is 2.73 bits per heavy atom. The molecule has 2 aromatic rings. The van der Waals surface area contributed by atoms with Crippen LogP contribution in [0.3, 0.4) is 0 Å². The van der Waals surface area contributed by atoms with Crippen molar-refractivity contribution in [1.29, 1.82) is 5.26 Å². The quantitative estimate of drug-likeness (QED) is 0.929. The molecular weight excluding hydrogens is 296 g/mol. The van der Waals surface area contributed by atoms with Crippen LogP contribution in [0.25, 0.3) is 0 Å². The number of nitriles is 1. The molecule has 1 heterocycles. The van der Waals surface area contributed by atoms with E-state index in [9.17, 15) is 10.1 Å². The zero-order chi connectivity index (χ0) is 16.3. The predicted molar refractivity (Wildman–Crippen MR) is 88.4 cm³/mol.